The first-order chi connectivity index (χ1) is 15.6. The summed E-state index contributed by atoms with van der Waals surface area (Å²) in [5.74, 6) is 2.14. The number of H-pyrrole nitrogens is 1. The van der Waals surface area contributed by atoms with E-state index in [1.54, 1.807) is 7.11 Å². The topological polar surface area (TPSA) is 148 Å². The van der Waals surface area contributed by atoms with Crippen LogP contribution in [0.2, 0.25) is 0 Å². The van der Waals surface area contributed by atoms with Crippen LogP contribution in [0.25, 0.3) is 11.3 Å². The summed E-state index contributed by atoms with van der Waals surface area (Å²) >= 11 is 0. The smallest absolute Gasteiger partial charge is 0.226 e. The molecular formula is C22H26N8O2. The molecule has 1 aliphatic carbocycles. The van der Waals surface area contributed by atoms with Gasteiger partial charge in [0.05, 0.1) is 25.2 Å². The summed E-state index contributed by atoms with van der Waals surface area (Å²) in [5.41, 5.74) is 8.66. The Labute approximate surface area is 186 Å². The van der Waals surface area contributed by atoms with Crippen molar-refractivity contribution in [1.29, 1.82) is 5.26 Å². The van der Waals surface area contributed by atoms with E-state index in [0.29, 0.717) is 34.5 Å². The van der Waals surface area contributed by atoms with Gasteiger partial charge in [-0.2, -0.15) is 10.4 Å². The Morgan fingerprint density at radius 1 is 1.19 bits per heavy atom. The summed E-state index contributed by atoms with van der Waals surface area (Å²) in [5, 5.41) is 19.3. The maximum Gasteiger partial charge on any atom is 0.226 e. The first kappa shape index (κ1) is 21.5. The second-order valence-corrected chi connectivity index (χ2v) is 7.86. The van der Waals surface area contributed by atoms with E-state index in [1.165, 1.54) is 12.4 Å². The Bertz CT molecular complexity index is 1110. The molecule has 3 aromatic rings. The molecule has 0 amide bonds. The van der Waals surface area contributed by atoms with E-state index in [-0.39, 0.29) is 17.8 Å². The number of aromatic nitrogens is 5. The molecule has 0 saturated heterocycles. The van der Waals surface area contributed by atoms with Crippen LogP contribution in [0, 0.1) is 18.3 Å². The third kappa shape index (κ3) is 4.95. The summed E-state index contributed by atoms with van der Waals surface area (Å²) < 4.78 is 12.0. The Kier molecular flexibility index (Phi) is 6.47. The summed E-state index contributed by atoms with van der Waals surface area (Å²) in [6.07, 6.45) is 7.93. The second-order valence-electron chi connectivity index (χ2n) is 7.86. The Morgan fingerprint density at radius 2 is 2.03 bits per heavy atom. The van der Waals surface area contributed by atoms with Gasteiger partial charge in [-0.15, -0.1) is 0 Å². The molecule has 4 rings (SSSR count). The fraction of sp³-hybridized carbons (Fsp3) is 0.409. The minimum atomic E-state index is 0.0344. The third-order valence-corrected chi connectivity index (χ3v) is 5.35. The van der Waals surface area contributed by atoms with Gasteiger partial charge in [-0.25, -0.2) is 15.0 Å². The van der Waals surface area contributed by atoms with Gasteiger partial charge in [-0.1, -0.05) is 6.42 Å². The highest BCUT2D eigenvalue weighted by Gasteiger charge is 2.24. The number of nitrogens with zero attached hydrogens (tertiary/aromatic N) is 5. The maximum absolute atomic E-state index is 8.86. The molecule has 4 N–H and O–H groups in total. The van der Waals surface area contributed by atoms with Crippen LogP contribution >= 0.6 is 0 Å². The minimum absolute atomic E-state index is 0.0344. The van der Waals surface area contributed by atoms with E-state index in [2.05, 4.69) is 30.5 Å². The van der Waals surface area contributed by atoms with Crippen molar-refractivity contribution in [3.8, 4) is 29.0 Å². The number of hydrogen-bond acceptors (Lipinski definition) is 9. The number of pyridine rings is 1. The molecule has 0 aliphatic heterocycles. The van der Waals surface area contributed by atoms with Gasteiger partial charge >= 0.3 is 0 Å². The molecular weight excluding hydrogens is 408 g/mol. The number of methoxy groups -OCH3 is 1. The quantitative estimate of drug-likeness (QED) is 0.497. The molecule has 10 nitrogen and oxygen atoms in total. The number of aromatic amines is 1. The summed E-state index contributed by atoms with van der Waals surface area (Å²) in [6.45, 7) is 1.90. The van der Waals surface area contributed by atoms with Crippen LogP contribution in [0.3, 0.4) is 0 Å². The second kappa shape index (κ2) is 9.62. The van der Waals surface area contributed by atoms with Crippen molar-refractivity contribution in [1.82, 2.24) is 25.1 Å². The van der Waals surface area contributed by atoms with E-state index >= 15 is 0 Å². The largest absolute Gasteiger partial charge is 0.489 e. The molecule has 0 bridgehead atoms. The number of anilines is 2. The average Bonchev–Trinajstić information content (AvgIpc) is 3.14. The fourth-order valence-electron chi connectivity index (χ4n) is 3.84. The summed E-state index contributed by atoms with van der Waals surface area (Å²) in [4.78, 5) is 12.7. The molecule has 32 heavy (non-hydrogen) atoms. The van der Waals surface area contributed by atoms with Crippen molar-refractivity contribution >= 4 is 11.6 Å². The van der Waals surface area contributed by atoms with Crippen LogP contribution in [0.5, 0.6) is 11.6 Å². The van der Waals surface area contributed by atoms with Gasteiger partial charge in [-0.3, -0.25) is 5.10 Å². The molecule has 1 fully saturated rings. The van der Waals surface area contributed by atoms with Crippen molar-refractivity contribution < 1.29 is 9.47 Å². The molecule has 3 heterocycles. The predicted molar refractivity (Wildman–Crippen MR) is 119 cm³/mol. The van der Waals surface area contributed by atoms with Crippen LogP contribution in [-0.2, 0) is 0 Å². The lowest BCUT2D eigenvalue weighted by atomic mass is 10.1. The fourth-order valence-corrected chi connectivity index (χ4v) is 3.84. The molecule has 0 aromatic carbocycles. The van der Waals surface area contributed by atoms with Crippen LogP contribution in [0.1, 0.15) is 43.5 Å². The van der Waals surface area contributed by atoms with Gasteiger partial charge in [0.2, 0.25) is 5.88 Å². The number of hydrogen-bond donors (Lipinski definition) is 3. The monoisotopic (exact) mass is 434 g/mol. The maximum atomic E-state index is 8.86. The number of ether oxygens (including phenoxy) is 2. The molecule has 166 valence electrons. The lowest BCUT2D eigenvalue weighted by molar-refractivity contribution is 0.178. The molecule has 1 aliphatic rings. The van der Waals surface area contributed by atoms with Crippen molar-refractivity contribution in [3.05, 3.63) is 35.9 Å². The zero-order valence-corrected chi connectivity index (χ0v) is 18.1. The van der Waals surface area contributed by atoms with E-state index < -0.39 is 0 Å². The van der Waals surface area contributed by atoms with E-state index in [0.717, 1.165) is 37.8 Å². The van der Waals surface area contributed by atoms with Crippen LogP contribution in [0.15, 0.2) is 24.5 Å². The van der Waals surface area contributed by atoms with Crippen LogP contribution in [-0.4, -0.2) is 44.4 Å². The predicted octanol–water partition coefficient (Wildman–Crippen LogP) is 3.23. The summed E-state index contributed by atoms with van der Waals surface area (Å²) in [7, 11) is 1.58. The van der Waals surface area contributed by atoms with Gasteiger partial charge in [0.25, 0.3) is 0 Å². The third-order valence-electron chi connectivity index (χ3n) is 5.35. The van der Waals surface area contributed by atoms with Gasteiger partial charge in [0, 0.05) is 23.9 Å². The highest BCUT2D eigenvalue weighted by atomic mass is 16.5. The van der Waals surface area contributed by atoms with Crippen LogP contribution < -0.4 is 20.5 Å². The normalized spacial score (nSPS) is 18.4. The SMILES string of the molecule is COc1nc(C)cc(O[C@@H]2CCCC[C@H](N)C2)c1-c1cc(Nc2cnc(C#N)cn2)n[nH]1. The number of nitriles is 1. The molecule has 1 saturated carbocycles. The number of nitrogens with one attached hydrogen (secondary N) is 2. The standard InChI is InChI=1S/C22H26N8O2/c1-13-7-18(32-16-6-4-3-5-14(24)8-16)21(22(27-13)31-2)17-9-19(30-29-17)28-20-12-25-15(10-23)11-26-20/h7,9,11-12,14,16H,3-6,8,24H2,1-2H3,(H2,26,28,29,30)/t14-,16+/m0/s1. The molecule has 0 radical (unpaired) electrons. The van der Waals surface area contributed by atoms with Gasteiger partial charge in [-0.05, 0) is 32.6 Å². The average molecular weight is 435 g/mol. The van der Waals surface area contributed by atoms with Crippen molar-refractivity contribution in [2.24, 2.45) is 5.73 Å². The molecule has 0 unspecified atom stereocenters. The lowest BCUT2D eigenvalue weighted by Gasteiger charge is -2.22. The van der Waals surface area contributed by atoms with Crippen molar-refractivity contribution in [2.75, 3.05) is 12.4 Å². The highest BCUT2D eigenvalue weighted by molar-refractivity contribution is 5.75. The Hall–Kier alpha value is -3.71. The Balaban J connectivity index is 1.62. The lowest BCUT2D eigenvalue weighted by Crippen LogP contribution is -2.27. The molecule has 0 spiro atoms. The van der Waals surface area contributed by atoms with Gasteiger partial charge < -0.3 is 20.5 Å². The highest BCUT2D eigenvalue weighted by Crippen LogP contribution is 2.39. The van der Waals surface area contributed by atoms with Crippen LogP contribution in [0.4, 0.5) is 11.6 Å². The molecule has 10 heteroatoms. The van der Waals surface area contributed by atoms with E-state index in [9.17, 15) is 0 Å². The summed E-state index contributed by atoms with van der Waals surface area (Å²) in [6, 6.07) is 5.82. The van der Waals surface area contributed by atoms with E-state index in [4.69, 9.17) is 20.5 Å². The first-order valence-corrected chi connectivity index (χ1v) is 10.6. The van der Waals surface area contributed by atoms with Gasteiger partial charge in [0.15, 0.2) is 11.5 Å². The minimum Gasteiger partial charge on any atom is -0.489 e. The van der Waals surface area contributed by atoms with E-state index in [1.807, 2.05) is 25.1 Å². The van der Waals surface area contributed by atoms with Crippen molar-refractivity contribution in [3.63, 3.8) is 0 Å². The molecule has 2 atom stereocenters. The number of nitrogens with two attached hydrogens (primary N) is 1. The first-order valence-electron chi connectivity index (χ1n) is 10.6. The van der Waals surface area contributed by atoms with Crippen molar-refractivity contribution in [2.45, 2.75) is 51.2 Å². The Morgan fingerprint density at radius 3 is 2.78 bits per heavy atom. The molecule has 3 aromatic heterocycles. The van der Waals surface area contributed by atoms with Gasteiger partial charge in [0.1, 0.15) is 29.3 Å². The number of rotatable bonds is 6. The zero-order valence-electron chi connectivity index (χ0n) is 18.1. The number of aryl methyl sites for hydroxylation is 1. The zero-order chi connectivity index (χ0) is 22.5.